The number of nitrogens with zero attached hydrogens (tertiary/aromatic N) is 1. The molecule has 0 atom stereocenters. The highest BCUT2D eigenvalue weighted by Crippen LogP contribution is 2.34. The number of carbonyl (C=O) groups excluding carboxylic acids is 1. The number of carbonyl (C=O) groups is 1. The summed E-state index contributed by atoms with van der Waals surface area (Å²) in [7, 11) is 0. The van der Waals surface area contributed by atoms with E-state index >= 15 is 0 Å². The van der Waals surface area contributed by atoms with E-state index in [2.05, 4.69) is 25.8 Å². The van der Waals surface area contributed by atoms with Gasteiger partial charge in [0.1, 0.15) is 5.75 Å². The van der Waals surface area contributed by atoms with E-state index in [9.17, 15) is 4.79 Å². The average molecular weight is 219 g/mol. The van der Waals surface area contributed by atoms with Crippen LogP contribution in [0, 0.1) is 0 Å². The van der Waals surface area contributed by atoms with Crippen molar-refractivity contribution in [1.29, 1.82) is 0 Å². The van der Waals surface area contributed by atoms with Crippen LogP contribution in [0.25, 0.3) is 0 Å². The molecule has 0 aliphatic heterocycles. The Morgan fingerprint density at radius 2 is 2.12 bits per heavy atom. The normalized spacial score (nSPS) is 15.9. The summed E-state index contributed by atoms with van der Waals surface area (Å²) in [5.41, 5.74) is 1.43. The van der Waals surface area contributed by atoms with Gasteiger partial charge in [0.15, 0.2) is 6.29 Å². The van der Waals surface area contributed by atoms with E-state index in [0.29, 0.717) is 11.7 Å². The van der Waals surface area contributed by atoms with Crippen LogP contribution in [0.5, 0.6) is 5.75 Å². The lowest BCUT2D eigenvalue weighted by Gasteiger charge is -2.21. The first-order valence-electron chi connectivity index (χ1n) is 5.63. The predicted octanol–water partition coefficient (Wildman–Crippen LogP) is 2.73. The fourth-order valence-corrected chi connectivity index (χ4v) is 1.54. The van der Waals surface area contributed by atoms with E-state index in [-0.39, 0.29) is 5.41 Å². The highest BCUT2D eigenvalue weighted by Gasteiger charge is 2.28. The lowest BCUT2D eigenvalue weighted by Crippen LogP contribution is -2.16. The molecular formula is C13H17NO2. The van der Waals surface area contributed by atoms with Gasteiger partial charge in [0, 0.05) is 17.2 Å². The lowest BCUT2D eigenvalue weighted by molar-refractivity contribution is 0.112. The summed E-state index contributed by atoms with van der Waals surface area (Å²) in [6, 6.07) is 1.79. The zero-order chi connectivity index (χ0) is 11.8. The topological polar surface area (TPSA) is 39.2 Å². The van der Waals surface area contributed by atoms with E-state index in [1.54, 1.807) is 12.3 Å². The Bertz CT molecular complexity index is 403. The molecule has 0 radical (unpaired) electrons. The average Bonchev–Trinajstić information content (AvgIpc) is 3.00. The highest BCUT2D eigenvalue weighted by molar-refractivity contribution is 5.75. The van der Waals surface area contributed by atoms with Crippen LogP contribution in [0.2, 0.25) is 0 Å². The summed E-state index contributed by atoms with van der Waals surface area (Å²) in [4.78, 5) is 15.1. The third-order valence-electron chi connectivity index (χ3n) is 2.54. The molecule has 3 nitrogen and oxygen atoms in total. The van der Waals surface area contributed by atoms with E-state index in [4.69, 9.17) is 4.74 Å². The second-order valence-electron chi connectivity index (χ2n) is 5.30. The molecule has 0 aromatic carbocycles. The minimum atomic E-state index is -0.0639. The summed E-state index contributed by atoms with van der Waals surface area (Å²) in [6.45, 7) is 6.28. The first kappa shape index (κ1) is 11.1. The Hall–Kier alpha value is -1.38. The van der Waals surface area contributed by atoms with Gasteiger partial charge < -0.3 is 4.74 Å². The Morgan fingerprint density at radius 3 is 2.62 bits per heavy atom. The van der Waals surface area contributed by atoms with E-state index in [0.717, 1.165) is 30.6 Å². The number of rotatable bonds is 3. The first-order valence-corrected chi connectivity index (χ1v) is 5.63. The number of aldehydes is 1. The van der Waals surface area contributed by atoms with Crippen LogP contribution in [0.15, 0.2) is 12.3 Å². The number of hydrogen-bond donors (Lipinski definition) is 0. The quantitative estimate of drug-likeness (QED) is 0.734. The van der Waals surface area contributed by atoms with Gasteiger partial charge in [-0.05, 0) is 18.9 Å². The molecule has 3 heteroatoms. The molecule has 0 bridgehead atoms. The SMILES string of the molecule is CC(C)(C)c1ncc(C=O)cc1OC1CC1. The third kappa shape index (κ3) is 2.40. The number of ether oxygens (including phenoxy) is 1. The molecule has 16 heavy (non-hydrogen) atoms. The van der Waals surface area contributed by atoms with Crippen molar-refractivity contribution in [3.63, 3.8) is 0 Å². The molecule has 1 saturated carbocycles. The van der Waals surface area contributed by atoms with Crippen molar-refractivity contribution in [2.75, 3.05) is 0 Å². The van der Waals surface area contributed by atoms with E-state index in [1.807, 2.05) is 0 Å². The molecule has 1 fully saturated rings. The maximum absolute atomic E-state index is 10.7. The van der Waals surface area contributed by atoms with Gasteiger partial charge in [0.05, 0.1) is 11.8 Å². The first-order chi connectivity index (χ1) is 7.50. The van der Waals surface area contributed by atoms with Crippen molar-refractivity contribution in [2.45, 2.75) is 45.1 Å². The standard InChI is InChI=1S/C13H17NO2/c1-13(2,3)12-11(16-10-4-5-10)6-9(8-15)7-14-12/h6-8,10H,4-5H2,1-3H3. The minimum absolute atomic E-state index is 0.0639. The summed E-state index contributed by atoms with van der Waals surface area (Å²) < 4.78 is 5.80. The summed E-state index contributed by atoms with van der Waals surface area (Å²) in [5.74, 6) is 0.764. The molecule has 0 spiro atoms. The van der Waals surface area contributed by atoms with E-state index < -0.39 is 0 Å². The third-order valence-corrected chi connectivity index (χ3v) is 2.54. The molecule has 1 aromatic rings. The molecule has 0 saturated heterocycles. The molecule has 0 unspecified atom stereocenters. The maximum Gasteiger partial charge on any atom is 0.151 e. The fourth-order valence-electron chi connectivity index (χ4n) is 1.54. The summed E-state index contributed by atoms with van der Waals surface area (Å²) in [5, 5.41) is 0. The van der Waals surface area contributed by atoms with Crippen molar-refractivity contribution in [2.24, 2.45) is 0 Å². The van der Waals surface area contributed by atoms with Crippen LogP contribution in [0.1, 0.15) is 49.7 Å². The molecule has 2 rings (SSSR count). The van der Waals surface area contributed by atoms with Crippen LogP contribution in [0.3, 0.4) is 0 Å². The van der Waals surface area contributed by atoms with Crippen molar-refractivity contribution in [3.05, 3.63) is 23.5 Å². The van der Waals surface area contributed by atoms with Gasteiger partial charge in [-0.3, -0.25) is 9.78 Å². The van der Waals surface area contributed by atoms with Gasteiger partial charge >= 0.3 is 0 Å². The molecule has 1 aliphatic carbocycles. The lowest BCUT2D eigenvalue weighted by atomic mass is 9.90. The molecule has 0 amide bonds. The van der Waals surface area contributed by atoms with Gasteiger partial charge in [0.25, 0.3) is 0 Å². The van der Waals surface area contributed by atoms with Crippen LogP contribution in [-0.4, -0.2) is 17.4 Å². The number of aromatic nitrogens is 1. The smallest absolute Gasteiger partial charge is 0.151 e. The zero-order valence-electron chi connectivity index (χ0n) is 9.99. The Morgan fingerprint density at radius 1 is 1.44 bits per heavy atom. The van der Waals surface area contributed by atoms with Crippen molar-refractivity contribution >= 4 is 6.29 Å². The summed E-state index contributed by atoms with van der Waals surface area (Å²) >= 11 is 0. The van der Waals surface area contributed by atoms with Gasteiger partial charge in [-0.15, -0.1) is 0 Å². The molecule has 1 aliphatic rings. The molecule has 0 N–H and O–H groups in total. The van der Waals surface area contributed by atoms with Gasteiger partial charge in [0.2, 0.25) is 0 Å². The zero-order valence-corrected chi connectivity index (χ0v) is 9.99. The Labute approximate surface area is 95.8 Å². The van der Waals surface area contributed by atoms with Gasteiger partial charge in [-0.1, -0.05) is 20.8 Å². The largest absolute Gasteiger partial charge is 0.488 e. The Balaban J connectivity index is 2.37. The highest BCUT2D eigenvalue weighted by atomic mass is 16.5. The van der Waals surface area contributed by atoms with Crippen molar-refractivity contribution in [3.8, 4) is 5.75 Å². The molecule has 1 aromatic heterocycles. The van der Waals surface area contributed by atoms with Crippen molar-refractivity contribution < 1.29 is 9.53 Å². The van der Waals surface area contributed by atoms with Crippen LogP contribution in [0.4, 0.5) is 0 Å². The van der Waals surface area contributed by atoms with Crippen LogP contribution in [-0.2, 0) is 5.41 Å². The van der Waals surface area contributed by atoms with E-state index in [1.165, 1.54) is 0 Å². The minimum Gasteiger partial charge on any atom is -0.488 e. The second kappa shape index (κ2) is 3.89. The van der Waals surface area contributed by atoms with Crippen LogP contribution >= 0.6 is 0 Å². The number of hydrogen-bond acceptors (Lipinski definition) is 3. The molecular weight excluding hydrogens is 202 g/mol. The molecule has 86 valence electrons. The summed E-state index contributed by atoms with van der Waals surface area (Å²) in [6.07, 6.45) is 4.95. The number of pyridine rings is 1. The maximum atomic E-state index is 10.7. The Kier molecular flexibility index (Phi) is 2.70. The molecule has 1 heterocycles. The van der Waals surface area contributed by atoms with Crippen molar-refractivity contribution in [1.82, 2.24) is 4.98 Å². The predicted molar refractivity (Wildman–Crippen MR) is 62.0 cm³/mol. The monoisotopic (exact) mass is 219 g/mol. The fraction of sp³-hybridized carbons (Fsp3) is 0.538. The van der Waals surface area contributed by atoms with Gasteiger partial charge in [-0.2, -0.15) is 0 Å². The van der Waals surface area contributed by atoms with Gasteiger partial charge in [-0.25, -0.2) is 0 Å². The van der Waals surface area contributed by atoms with Crippen LogP contribution < -0.4 is 4.74 Å². The second-order valence-corrected chi connectivity index (χ2v) is 5.30.